The van der Waals surface area contributed by atoms with Crippen LogP contribution in [0.5, 0.6) is 0 Å². The van der Waals surface area contributed by atoms with Gasteiger partial charge in [0.1, 0.15) is 12.1 Å². The zero-order valence-corrected chi connectivity index (χ0v) is 15.1. The molecule has 3 amide bonds. The second-order valence-electron chi connectivity index (χ2n) is 6.57. The van der Waals surface area contributed by atoms with Gasteiger partial charge in [0.15, 0.2) is 0 Å². The lowest BCUT2D eigenvalue weighted by molar-refractivity contribution is -0.120. The fraction of sp³-hybridized carbons (Fsp3) is 0.389. The molecule has 0 bridgehead atoms. The maximum Gasteiger partial charge on any atom is 0.408 e. The van der Waals surface area contributed by atoms with E-state index in [1.165, 1.54) is 0 Å². The van der Waals surface area contributed by atoms with E-state index in [4.69, 9.17) is 4.74 Å². The van der Waals surface area contributed by atoms with E-state index in [1.807, 2.05) is 6.07 Å². The first-order valence-electron chi connectivity index (χ1n) is 7.86. The van der Waals surface area contributed by atoms with Gasteiger partial charge in [-0.05, 0) is 45.4 Å². The fourth-order valence-corrected chi connectivity index (χ4v) is 1.73. The molecule has 0 aliphatic rings. The molecule has 0 aliphatic heterocycles. The highest BCUT2D eigenvalue weighted by molar-refractivity contribution is 6.02. The maximum absolute atomic E-state index is 11.8. The average molecular weight is 347 g/mol. The van der Waals surface area contributed by atoms with Crippen LogP contribution >= 0.6 is 0 Å². The zero-order valence-electron chi connectivity index (χ0n) is 15.1. The smallest absolute Gasteiger partial charge is 0.408 e. The largest absolute Gasteiger partial charge is 0.444 e. The highest BCUT2D eigenvalue weighted by Gasteiger charge is 2.16. The van der Waals surface area contributed by atoms with Crippen LogP contribution in [0.25, 0.3) is 0 Å². The first kappa shape index (κ1) is 20.2. The van der Waals surface area contributed by atoms with Crippen LogP contribution in [0.3, 0.4) is 0 Å². The van der Waals surface area contributed by atoms with Gasteiger partial charge >= 0.3 is 6.09 Å². The molecule has 0 fully saturated rings. The summed E-state index contributed by atoms with van der Waals surface area (Å²) in [5.74, 6) is -0.606. The molecule has 25 heavy (non-hydrogen) atoms. The predicted octanol–water partition coefficient (Wildman–Crippen LogP) is 2.34. The van der Waals surface area contributed by atoms with E-state index in [2.05, 4.69) is 22.5 Å². The van der Waals surface area contributed by atoms with Crippen LogP contribution in [-0.2, 0) is 20.9 Å². The van der Waals surface area contributed by atoms with Gasteiger partial charge in [0.05, 0.1) is 0 Å². The van der Waals surface area contributed by atoms with Crippen LogP contribution in [0.4, 0.5) is 10.5 Å². The summed E-state index contributed by atoms with van der Waals surface area (Å²) in [4.78, 5) is 34.9. The number of hydrogen-bond acceptors (Lipinski definition) is 4. The molecule has 0 radical (unpaired) electrons. The number of anilines is 1. The molecule has 0 atom stereocenters. The number of rotatable bonds is 6. The minimum Gasteiger partial charge on any atom is -0.444 e. The summed E-state index contributed by atoms with van der Waals surface area (Å²) in [6, 6.07) is 7.09. The van der Waals surface area contributed by atoms with Crippen LogP contribution in [-0.4, -0.2) is 30.1 Å². The third-order valence-corrected chi connectivity index (χ3v) is 2.85. The van der Waals surface area contributed by atoms with Gasteiger partial charge in [0.2, 0.25) is 5.91 Å². The normalized spacial score (nSPS) is 10.6. The number of alkyl carbamates (subject to hydrolysis) is 1. The van der Waals surface area contributed by atoms with E-state index in [0.29, 0.717) is 11.3 Å². The van der Waals surface area contributed by atoms with Gasteiger partial charge in [-0.15, -0.1) is 0 Å². The Hall–Kier alpha value is -2.83. The highest BCUT2D eigenvalue weighted by atomic mass is 16.6. The molecule has 1 aromatic carbocycles. The van der Waals surface area contributed by atoms with Crippen molar-refractivity contribution in [1.29, 1.82) is 0 Å². The Morgan fingerprint density at radius 1 is 1.16 bits per heavy atom. The Morgan fingerprint density at radius 3 is 2.44 bits per heavy atom. The number of hydrogen-bond donors (Lipinski definition) is 3. The Balaban J connectivity index is 2.44. The number of ether oxygens (including phenoxy) is 1. The molecule has 0 spiro atoms. The van der Waals surface area contributed by atoms with E-state index in [9.17, 15) is 14.4 Å². The van der Waals surface area contributed by atoms with E-state index < -0.39 is 11.7 Å². The average Bonchev–Trinajstić information content (AvgIpc) is 2.49. The molecule has 0 aliphatic carbocycles. The van der Waals surface area contributed by atoms with Crippen molar-refractivity contribution in [3.63, 3.8) is 0 Å². The molecule has 0 heterocycles. The molecule has 0 aromatic heterocycles. The number of carbonyl (C=O) groups is 3. The molecule has 0 unspecified atom stereocenters. The Labute approximate surface area is 147 Å². The standard InChI is InChI=1S/C18H25N3O4/c1-12(2)16(23)21-14-8-6-7-13(9-14)10-19-15(22)11-20-17(24)25-18(3,4)5/h6-9H,1,10-11H2,2-5H3,(H,19,22)(H,20,24)(H,21,23). The first-order valence-corrected chi connectivity index (χ1v) is 7.86. The van der Waals surface area contributed by atoms with Crippen LogP contribution in [0, 0.1) is 0 Å². The van der Waals surface area contributed by atoms with Crippen LogP contribution in [0.15, 0.2) is 36.4 Å². The lowest BCUT2D eigenvalue weighted by atomic mass is 10.2. The Kier molecular flexibility index (Phi) is 7.17. The zero-order chi connectivity index (χ0) is 19.0. The monoisotopic (exact) mass is 347 g/mol. The number of nitrogens with one attached hydrogen (secondary N) is 3. The second-order valence-corrected chi connectivity index (χ2v) is 6.57. The van der Waals surface area contributed by atoms with Gasteiger partial charge in [0.25, 0.3) is 5.91 Å². The first-order chi connectivity index (χ1) is 11.6. The van der Waals surface area contributed by atoms with Crippen molar-refractivity contribution in [2.75, 3.05) is 11.9 Å². The van der Waals surface area contributed by atoms with Gasteiger partial charge in [-0.1, -0.05) is 18.7 Å². The van der Waals surface area contributed by atoms with Crippen LogP contribution < -0.4 is 16.0 Å². The van der Waals surface area contributed by atoms with Crippen molar-refractivity contribution in [3.8, 4) is 0 Å². The minimum absolute atomic E-state index is 0.180. The summed E-state index contributed by atoms with van der Waals surface area (Å²) in [6.07, 6.45) is -0.646. The van der Waals surface area contributed by atoms with Crippen LogP contribution in [0.1, 0.15) is 33.3 Å². The van der Waals surface area contributed by atoms with Gasteiger partial charge < -0.3 is 20.7 Å². The van der Waals surface area contributed by atoms with E-state index in [0.717, 1.165) is 5.56 Å². The van der Waals surface area contributed by atoms with Crippen LogP contribution in [0.2, 0.25) is 0 Å². The SMILES string of the molecule is C=C(C)C(=O)Nc1cccc(CNC(=O)CNC(=O)OC(C)(C)C)c1. The lowest BCUT2D eigenvalue weighted by Crippen LogP contribution is -2.39. The van der Waals surface area contributed by atoms with Gasteiger partial charge in [-0.3, -0.25) is 9.59 Å². The number of benzene rings is 1. The topological polar surface area (TPSA) is 96.5 Å². The van der Waals surface area contributed by atoms with Crippen molar-refractivity contribution in [2.24, 2.45) is 0 Å². The summed E-state index contributed by atoms with van der Waals surface area (Å²) in [7, 11) is 0. The summed E-state index contributed by atoms with van der Waals surface area (Å²) in [5, 5.41) is 7.77. The van der Waals surface area contributed by atoms with Crippen molar-refractivity contribution >= 4 is 23.6 Å². The molecule has 1 rings (SSSR count). The summed E-state index contributed by atoms with van der Waals surface area (Å²) >= 11 is 0. The van der Waals surface area contributed by atoms with E-state index >= 15 is 0 Å². The maximum atomic E-state index is 11.8. The molecule has 1 aromatic rings. The van der Waals surface area contributed by atoms with Crippen molar-refractivity contribution in [3.05, 3.63) is 42.0 Å². The molecule has 136 valence electrons. The molecule has 0 saturated heterocycles. The van der Waals surface area contributed by atoms with Gasteiger partial charge in [0, 0.05) is 17.8 Å². The molecular weight excluding hydrogens is 322 g/mol. The van der Waals surface area contributed by atoms with Crippen molar-refractivity contribution in [2.45, 2.75) is 39.8 Å². The molecule has 3 N–H and O–H groups in total. The van der Waals surface area contributed by atoms with Gasteiger partial charge in [-0.25, -0.2) is 4.79 Å². The number of carbonyl (C=O) groups excluding carboxylic acids is 3. The quantitative estimate of drug-likeness (QED) is 0.688. The lowest BCUT2D eigenvalue weighted by Gasteiger charge is -2.19. The molecule has 7 nitrogen and oxygen atoms in total. The minimum atomic E-state index is -0.646. The fourth-order valence-electron chi connectivity index (χ4n) is 1.73. The number of amides is 3. The van der Waals surface area contributed by atoms with Gasteiger partial charge in [-0.2, -0.15) is 0 Å². The third kappa shape index (κ3) is 8.55. The molecule has 0 saturated carbocycles. The van der Waals surface area contributed by atoms with E-state index in [-0.39, 0.29) is 24.9 Å². The van der Waals surface area contributed by atoms with E-state index in [1.54, 1.807) is 45.9 Å². The predicted molar refractivity (Wildman–Crippen MR) is 96.0 cm³/mol. The molecule has 7 heteroatoms. The second kappa shape index (κ2) is 8.86. The summed E-state index contributed by atoms with van der Waals surface area (Å²) in [5.41, 5.74) is 1.22. The Bertz CT molecular complexity index is 663. The summed E-state index contributed by atoms with van der Waals surface area (Å²) in [6.45, 7) is 10.5. The third-order valence-electron chi connectivity index (χ3n) is 2.85. The summed E-state index contributed by atoms with van der Waals surface area (Å²) < 4.78 is 5.05. The molecular formula is C18H25N3O4. The Morgan fingerprint density at radius 2 is 1.84 bits per heavy atom. The van der Waals surface area contributed by atoms with Crippen molar-refractivity contribution in [1.82, 2.24) is 10.6 Å². The van der Waals surface area contributed by atoms with Crippen molar-refractivity contribution < 1.29 is 19.1 Å². The highest BCUT2D eigenvalue weighted by Crippen LogP contribution is 2.11.